The van der Waals surface area contributed by atoms with Gasteiger partial charge in [-0.25, -0.2) is 9.67 Å². The van der Waals surface area contributed by atoms with Crippen molar-refractivity contribution in [2.24, 2.45) is 0 Å². The number of carbonyl (C=O) groups excluding carboxylic acids is 1. The summed E-state index contributed by atoms with van der Waals surface area (Å²) in [7, 11) is 1.55. The third kappa shape index (κ3) is 4.22. The van der Waals surface area contributed by atoms with Crippen LogP contribution in [0.5, 0.6) is 0 Å². The molecule has 31 heavy (non-hydrogen) atoms. The van der Waals surface area contributed by atoms with Crippen molar-refractivity contribution in [1.82, 2.24) is 24.6 Å². The first-order chi connectivity index (χ1) is 15.1. The molecule has 0 radical (unpaired) electrons. The van der Waals surface area contributed by atoms with Crippen molar-refractivity contribution in [2.45, 2.75) is 19.6 Å². The molecule has 4 rings (SSSR count). The number of hydrogen-bond acceptors (Lipinski definition) is 6. The Labute approximate surface area is 176 Å². The summed E-state index contributed by atoms with van der Waals surface area (Å²) in [5.41, 5.74) is 0.649. The Bertz CT molecular complexity index is 1380. The van der Waals surface area contributed by atoms with Gasteiger partial charge in [0.1, 0.15) is 6.54 Å². The number of nitrogens with zero attached hydrogens (tertiary/aromatic N) is 4. The van der Waals surface area contributed by atoms with E-state index >= 15 is 0 Å². The number of rotatable bonds is 7. The molecule has 9 heteroatoms. The van der Waals surface area contributed by atoms with Crippen LogP contribution in [-0.4, -0.2) is 39.0 Å². The lowest BCUT2D eigenvalue weighted by Gasteiger charge is -2.12. The quantitative estimate of drug-likeness (QED) is 0.480. The molecule has 0 saturated carbocycles. The fourth-order valence-electron chi connectivity index (χ4n) is 3.38. The molecule has 158 valence electrons. The fraction of sp³-hybridized carbons (Fsp3) is 0.227. The van der Waals surface area contributed by atoms with Gasteiger partial charge in [0.25, 0.3) is 11.1 Å². The molecule has 1 N–H and O–H groups in total. The zero-order chi connectivity index (χ0) is 21.8. The largest absolute Gasteiger partial charge is 0.383 e. The molecule has 0 aliphatic carbocycles. The van der Waals surface area contributed by atoms with Crippen LogP contribution in [0.4, 0.5) is 0 Å². The summed E-state index contributed by atoms with van der Waals surface area (Å²) < 4.78 is 7.66. The van der Waals surface area contributed by atoms with Crippen LogP contribution >= 0.6 is 0 Å². The fourth-order valence-corrected chi connectivity index (χ4v) is 3.38. The van der Waals surface area contributed by atoms with Crippen LogP contribution < -0.4 is 16.4 Å². The van der Waals surface area contributed by atoms with Crippen LogP contribution in [0.2, 0.25) is 0 Å². The van der Waals surface area contributed by atoms with Crippen molar-refractivity contribution in [2.75, 3.05) is 13.7 Å². The first kappa shape index (κ1) is 20.4. The van der Waals surface area contributed by atoms with Crippen molar-refractivity contribution in [3.05, 3.63) is 81.3 Å². The lowest BCUT2D eigenvalue weighted by Crippen LogP contribution is -2.33. The molecule has 1 amide bonds. The Hall–Kier alpha value is -3.85. The number of ether oxygens (including phenoxy) is 1. The zero-order valence-corrected chi connectivity index (χ0v) is 16.9. The van der Waals surface area contributed by atoms with Gasteiger partial charge in [-0.15, -0.1) is 0 Å². The topological polar surface area (TPSA) is 108 Å². The van der Waals surface area contributed by atoms with Gasteiger partial charge in [0.2, 0.25) is 5.91 Å². The second kappa shape index (κ2) is 8.88. The summed E-state index contributed by atoms with van der Waals surface area (Å²) in [5.74, 6) is -0.361. The van der Waals surface area contributed by atoms with Gasteiger partial charge in [0.15, 0.2) is 0 Å². The second-order valence-corrected chi connectivity index (χ2v) is 6.98. The Morgan fingerprint density at radius 2 is 1.71 bits per heavy atom. The average Bonchev–Trinajstić information content (AvgIpc) is 2.80. The minimum Gasteiger partial charge on any atom is -0.383 e. The number of carbonyl (C=O) groups is 1. The van der Waals surface area contributed by atoms with Crippen molar-refractivity contribution in [3.63, 3.8) is 0 Å². The van der Waals surface area contributed by atoms with Gasteiger partial charge in [-0.05, 0) is 18.2 Å². The van der Waals surface area contributed by atoms with Gasteiger partial charge in [-0.2, -0.15) is 5.10 Å². The lowest BCUT2D eigenvalue weighted by atomic mass is 10.1. The SMILES string of the molecule is COCCn1nc(CNC(=O)Cn2cnc3ccccc3c2=O)c2ccccc2c1=O. The van der Waals surface area contributed by atoms with E-state index in [2.05, 4.69) is 15.4 Å². The van der Waals surface area contributed by atoms with E-state index in [-0.39, 0.29) is 30.1 Å². The van der Waals surface area contributed by atoms with Crippen LogP contribution in [0.25, 0.3) is 21.7 Å². The normalized spacial score (nSPS) is 11.1. The van der Waals surface area contributed by atoms with Crippen LogP contribution in [-0.2, 0) is 29.2 Å². The van der Waals surface area contributed by atoms with Gasteiger partial charge >= 0.3 is 0 Å². The maximum Gasteiger partial charge on any atom is 0.274 e. The molecule has 0 aliphatic heterocycles. The zero-order valence-electron chi connectivity index (χ0n) is 16.9. The van der Waals surface area contributed by atoms with Crippen molar-refractivity contribution in [1.29, 1.82) is 0 Å². The summed E-state index contributed by atoms with van der Waals surface area (Å²) in [6, 6.07) is 14.1. The number of fused-ring (bicyclic) bond motifs is 2. The number of methoxy groups -OCH3 is 1. The maximum atomic E-state index is 12.6. The van der Waals surface area contributed by atoms with E-state index in [0.717, 1.165) is 0 Å². The highest BCUT2D eigenvalue weighted by Crippen LogP contribution is 2.13. The smallest absolute Gasteiger partial charge is 0.274 e. The van der Waals surface area contributed by atoms with Crippen LogP contribution in [0, 0.1) is 0 Å². The van der Waals surface area contributed by atoms with Crippen LogP contribution in [0.1, 0.15) is 5.69 Å². The molecule has 0 atom stereocenters. The average molecular weight is 419 g/mol. The number of hydrogen-bond donors (Lipinski definition) is 1. The van der Waals surface area contributed by atoms with E-state index in [1.165, 1.54) is 15.6 Å². The van der Waals surface area contributed by atoms with Gasteiger partial charge < -0.3 is 10.1 Å². The molecule has 0 aliphatic rings. The first-order valence-corrected chi connectivity index (χ1v) is 9.77. The van der Waals surface area contributed by atoms with E-state index in [0.29, 0.717) is 40.5 Å². The number of amides is 1. The molecule has 0 spiro atoms. The van der Waals surface area contributed by atoms with E-state index in [1.54, 1.807) is 49.6 Å². The number of aromatic nitrogens is 4. The highest BCUT2D eigenvalue weighted by atomic mass is 16.5. The van der Waals surface area contributed by atoms with Crippen molar-refractivity contribution < 1.29 is 9.53 Å². The minimum atomic E-state index is -0.361. The molecule has 0 unspecified atom stereocenters. The van der Waals surface area contributed by atoms with E-state index in [9.17, 15) is 14.4 Å². The molecule has 9 nitrogen and oxygen atoms in total. The molecule has 0 bridgehead atoms. The molecular formula is C22H21N5O4. The Balaban J connectivity index is 1.56. The van der Waals surface area contributed by atoms with Gasteiger partial charge in [0.05, 0.1) is 48.0 Å². The summed E-state index contributed by atoms with van der Waals surface area (Å²) >= 11 is 0. The van der Waals surface area contributed by atoms with Crippen LogP contribution in [0.3, 0.4) is 0 Å². The predicted molar refractivity (Wildman–Crippen MR) is 116 cm³/mol. The van der Waals surface area contributed by atoms with Gasteiger partial charge in [-0.1, -0.05) is 30.3 Å². The van der Waals surface area contributed by atoms with Crippen LogP contribution in [0.15, 0.2) is 64.4 Å². The molecule has 0 fully saturated rings. The molecule has 2 heterocycles. The maximum absolute atomic E-state index is 12.6. The standard InChI is InChI=1S/C22H21N5O4/c1-31-11-10-27-22(30)16-7-3-2-6-15(16)19(25-27)12-23-20(28)13-26-14-24-18-9-5-4-8-17(18)21(26)29/h2-9,14H,10-13H2,1H3,(H,23,28). The van der Waals surface area contributed by atoms with E-state index < -0.39 is 0 Å². The highest BCUT2D eigenvalue weighted by molar-refractivity contribution is 5.84. The van der Waals surface area contributed by atoms with Crippen molar-refractivity contribution >= 4 is 27.6 Å². The van der Waals surface area contributed by atoms with E-state index in [1.807, 2.05) is 6.07 Å². The Morgan fingerprint density at radius 3 is 2.48 bits per heavy atom. The molecular weight excluding hydrogens is 398 g/mol. The molecule has 0 saturated heterocycles. The second-order valence-electron chi connectivity index (χ2n) is 6.98. The first-order valence-electron chi connectivity index (χ1n) is 9.77. The minimum absolute atomic E-state index is 0.113. The number of benzene rings is 2. The molecule has 2 aromatic heterocycles. The highest BCUT2D eigenvalue weighted by Gasteiger charge is 2.12. The molecule has 2 aromatic carbocycles. The Morgan fingerprint density at radius 1 is 1.00 bits per heavy atom. The predicted octanol–water partition coefficient (Wildman–Crippen LogP) is 1.07. The van der Waals surface area contributed by atoms with Gasteiger partial charge in [-0.3, -0.25) is 19.0 Å². The van der Waals surface area contributed by atoms with E-state index in [4.69, 9.17) is 4.74 Å². The number of nitrogens with one attached hydrogen (secondary N) is 1. The number of para-hydroxylation sites is 1. The monoisotopic (exact) mass is 419 g/mol. The summed E-state index contributed by atoms with van der Waals surface area (Å²) in [6.45, 7) is 0.592. The third-order valence-corrected chi connectivity index (χ3v) is 4.95. The summed E-state index contributed by atoms with van der Waals surface area (Å²) in [5, 5.41) is 8.83. The third-order valence-electron chi connectivity index (χ3n) is 4.95. The Kier molecular flexibility index (Phi) is 5.85. The van der Waals surface area contributed by atoms with Gasteiger partial charge in [0, 0.05) is 12.5 Å². The summed E-state index contributed by atoms with van der Waals surface area (Å²) in [4.78, 5) is 41.9. The molecule has 4 aromatic rings. The van der Waals surface area contributed by atoms with Crippen molar-refractivity contribution in [3.8, 4) is 0 Å². The summed E-state index contributed by atoms with van der Waals surface area (Å²) in [6.07, 6.45) is 1.36. The lowest BCUT2D eigenvalue weighted by molar-refractivity contribution is -0.121.